The van der Waals surface area contributed by atoms with Crippen LogP contribution in [0, 0.1) is 0 Å². The van der Waals surface area contributed by atoms with E-state index in [0.717, 1.165) is 61.0 Å². The van der Waals surface area contributed by atoms with Gasteiger partial charge in [-0.25, -0.2) is 15.0 Å². The molecule has 0 spiro atoms. The molecule has 0 atom stereocenters. The SMILES string of the molecule is c1ccc(-c2nc(-n3c4nc5ccccc5c-4cc4cc(-n5c6ccccc6c6ccccc65)ccc43)nc3ccccc23)cc1. The van der Waals surface area contributed by atoms with E-state index in [1.54, 1.807) is 0 Å². The van der Waals surface area contributed by atoms with Crippen LogP contribution in [0.25, 0.3) is 88.8 Å². The Bertz CT molecular complexity index is 2700. The first-order valence-electron chi connectivity index (χ1n) is 15.5. The Morgan fingerprint density at radius 2 is 1.02 bits per heavy atom. The van der Waals surface area contributed by atoms with Crippen molar-refractivity contribution in [2.45, 2.75) is 0 Å². The first-order chi connectivity index (χ1) is 22.8. The molecule has 0 aliphatic carbocycles. The number of fused-ring (bicyclic) bond motifs is 8. The molecule has 214 valence electrons. The van der Waals surface area contributed by atoms with Crippen molar-refractivity contribution < 1.29 is 0 Å². The van der Waals surface area contributed by atoms with Gasteiger partial charge in [-0.1, -0.05) is 103 Å². The molecule has 8 aromatic rings. The number of aromatic nitrogens is 5. The van der Waals surface area contributed by atoms with Gasteiger partial charge in [-0.15, -0.1) is 0 Å². The summed E-state index contributed by atoms with van der Waals surface area (Å²) in [5.74, 6) is 1.44. The topological polar surface area (TPSA) is 48.5 Å². The fraction of sp³-hybridized carbons (Fsp3) is 0. The molecular formula is C41H25N5. The van der Waals surface area contributed by atoms with Crippen molar-refractivity contribution in [2.75, 3.05) is 0 Å². The molecule has 0 saturated heterocycles. The number of hydrogen-bond donors (Lipinski definition) is 0. The maximum Gasteiger partial charge on any atom is 0.237 e. The van der Waals surface area contributed by atoms with E-state index in [1.807, 2.05) is 24.3 Å². The van der Waals surface area contributed by atoms with E-state index in [1.165, 1.54) is 21.8 Å². The molecule has 4 heterocycles. The van der Waals surface area contributed by atoms with Crippen LogP contribution >= 0.6 is 0 Å². The lowest BCUT2D eigenvalue weighted by Gasteiger charge is -2.18. The van der Waals surface area contributed by atoms with Gasteiger partial charge in [0.2, 0.25) is 5.95 Å². The number of rotatable bonds is 3. The zero-order valence-corrected chi connectivity index (χ0v) is 24.7. The summed E-state index contributed by atoms with van der Waals surface area (Å²) in [5, 5.41) is 5.70. The van der Waals surface area contributed by atoms with Crippen molar-refractivity contribution in [3.8, 4) is 34.3 Å². The third-order valence-corrected chi connectivity index (χ3v) is 9.10. The van der Waals surface area contributed by atoms with Gasteiger partial charge < -0.3 is 4.57 Å². The third kappa shape index (κ3) is 3.60. The van der Waals surface area contributed by atoms with Crippen molar-refractivity contribution >= 4 is 54.5 Å². The molecule has 5 heteroatoms. The Labute approximate surface area is 264 Å². The number of benzene rings is 6. The van der Waals surface area contributed by atoms with Gasteiger partial charge in [0.15, 0.2) is 0 Å². The minimum atomic E-state index is 0.598. The van der Waals surface area contributed by atoms with Crippen LogP contribution in [0.1, 0.15) is 0 Å². The van der Waals surface area contributed by atoms with E-state index >= 15 is 0 Å². The predicted octanol–water partition coefficient (Wildman–Crippen LogP) is 9.99. The molecule has 0 fully saturated rings. The van der Waals surface area contributed by atoms with Crippen LogP contribution in [0.4, 0.5) is 0 Å². The highest BCUT2D eigenvalue weighted by Crippen LogP contribution is 2.39. The molecule has 0 N–H and O–H groups in total. The third-order valence-electron chi connectivity index (χ3n) is 9.10. The van der Waals surface area contributed by atoms with E-state index in [-0.39, 0.29) is 0 Å². The lowest BCUT2D eigenvalue weighted by Crippen LogP contribution is -2.09. The predicted molar refractivity (Wildman–Crippen MR) is 188 cm³/mol. The summed E-state index contributed by atoms with van der Waals surface area (Å²) in [4.78, 5) is 15.6. The molecule has 10 rings (SSSR count). The van der Waals surface area contributed by atoms with Crippen LogP contribution in [0.5, 0.6) is 0 Å². The van der Waals surface area contributed by atoms with Crippen LogP contribution in [0.2, 0.25) is 0 Å². The van der Waals surface area contributed by atoms with Gasteiger partial charge in [-0.3, -0.25) is 4.57 Å². The minimum absolute atomic E-state index is 0.598. The van der Waals surface area contributed by atoms with Gasteiger partial charge in [0.25, 0.3) is 0 Å². The van der Waals surface area contributed by atoms with Crippen molar-refractivity contribution in [2.24, 2.45) is 0 Å². The van der Waals surface area contributed by atoms with E-state index in [0.29, 0.717) is 5.95 Å². The van der Waals surface area contributed by atoms with E-state index in [9.17, 15) is 0 Å². The number of pyridine rings is 1. The summed E-state index contributed by atoms with van der Waals surface area (Å²) in [7, 11) is 0. The number of para-hydroxylation sites is 4. The Kier molecular flexibility index (Phi) is 5.22. The first kappa shape index (κ1) is 25.0. The van der Waals surface area contributed by atoms with Crippen LogP contribution in [-0.4, -0.2) is 24.1 Å². The average Bonchev–Trinajstić information content (AvgIpc) is 3.66. The van der Waals surface area contributed by atoms with Gasteiger partial charge in [-0.05, 0) is 48.5 Å². The van der Waals surface area contributed by atoms with Crippen LogP contribution < -0.4 is 0 Å². The average molecular weight is 588 g/mol. The summed E-state index contributed by atoms with van der Waals surface area (Å²) in [6.07, 6.45) is 0. The van der Waals surface area contributed by atoms with Crippen molar-refractivity contribution in [3.05, 3.63) is 152 Å². The Morgan fingerprint density at radius 3 is 1.76 bits per heavy atom. The summed E-state index contributed by atoms with van der Waals surface area (Å²) in [6.45, 7) is 0. The summed E-state index contributed by atoms with van der Waals surface area (Å²) < 4.78 is 4.50. The highest BCUT2D eigenvalue weighted by Gasteiger charge is 2.22. The van der Waals surface area contributed by atoms with Gasteiger partial charge in [0.05, 0.1) is 33.3 Å². The largest absolute Gasteiger partial charge is 0.309 e. The Balaban J connectivity index is 1.31. The Hall–Kier alpha value is -6.33. The molecule has 2 aromatic heterocycles. The highest BCUT2D eigenvalue weighted by molar-refractivity contribution is 6.09. The quantitative estimate of drug-likeness (QED) is 0.207. The Morgan fingerprint density at radius 1 is 0.413 bits per heavy atom. The standard InChI is InChI=1S/C41H25N5/c1-2-12-26(13-3-1)39-32-17-5-9-19-35(32)43-41(44-39)46-36-23-22-28(24-27(36)25-33-29-14-4-8-18-34(29)42-40(33)46)45-37-20-10-6-15-30(37)31-16-7-11-21-38(31)45/h1-25H. The van der Waals surface area contributed by atoms with E-state index in [2.05, 4.69) is 137 Å². The highest BCUT2D eigenvalue weighted by atomic mass is 15.2. The van der Waals surface area contributed by atoms with Gasteiger partial charge in [-0.2, -0.15) is 0 Å². The molecule has 0 radical (unpaired) electrons. The lowest BCUT2D eigenvalue weighted by atomic mass is 10.1. The second kappa shape index (κ2) is 9.58. The van der Waals surface area contributed by atoms with Crippen LogP contribution in [0.15, 0.2) is 152 Å². The monoisotopic (exact) mass is 587 g/mol. The summed E-state index contributed by atoms with van der Waals surface area (Å²) in [6, 6.07) is 53.1. The van der Waals surface area contributed by atoms with Gasteiger partial charge in [0.1, 0.15) is 5.82 Å². The second-order valence-electron chi connectivity index (χ2n) is 11.7. The molecule has 0 saturated carbocycles. The number of nitrogens with zero attached hydrogens (tertiary/aromatic N) is 5. The normalized spacial score (nSPS) is 11.9. The smallest absolute Gasteiger partial charge is 0.237 e. The zero-order valence-electron chi connectivity index (χ0n) is 24.7. The van der Waals surface area contributed by atoms with E-state index < -0.39 is 0 Å². The van der Waals surface area contributed by atoms with Crippen LogP contribution in [0.3, 0.4) is 0 Å². The van der Waals surface area contributed by atoms with Crippen molar-refractivity contribution in [1.82, 2.24) is 24.1 Å². The summed E-state index contributed by atoms with van der Waals surface area (Å²) in [5.41, 5.74) is 9.32. The maximum atomic E-state index is 5.27. The fourth-order valence-electron chi connectivity index (χ4n) is 7.06. The molecule has 0 bridgehead atoms. The van der Waals surface area contributed by atoms with Crippen molar-refractivity contribution in [1.29, 1.82) is 0 Å². The number of hydrogen-bond acceptors (Lipinski definition) is 3. The molecular weight excluding hydrogens is 562 g/mol. The molecule has 0 amide bonds. The molecule has 2 aliphatic heterocycles. The maximum absolute atomic E-state index is 5.27. The van der Waals surface area contributed by atoms with Gasteiger partial charge >= 0.3 is 0 Å². The first-order valence-corrected chi connectivity index (χ1v) is 15.5. The molecule has 0 unspecified atom stereocenters. The second-order valence-corrected chi connectivity index (χ2v) is 11.7. The molecule has 46 heavy (non-hydrogen) atoms. The fourth-order valence-corrected chi connectivity index (χ4v) is 7.06. The molecule has 2 aliphatic rings. The minimum Gasteiger partial charge on any atom is -0.309 e. The molecule has 5 nitrogen and oxygen atoms in total. The van der Waals surface area contributed by atoms with Crippen molar-refractivity contribution in [3.63, 3.8) is 0 Å². The zero-order chi connectivity index (χ0) is 30.2. The summed E-state index contributed by atoms with van der Waals surface area (Å²) >= 11 is 0. The van der Waals surface area contributed by atoms with Crippen LogP contribution in [-0.2, 0) is 0 Å². The molecule has 6 aromatic carbocycles. The lowest BCUT2D eigenvalue weighted by molar-refractivity contribution is 0.961. The van der Waals surface area contributed by atoms with E-state index in [4.69, 9.17) is 15.0 Å². The van der Waals surface area contributed by atoms with Gasteiger partial charge in [0, 0.05) is 43.7 Å².